The van der Waals surface area contributed by atoms with Crippen molar-refractivity contribution < 1.29 is 4.39 Å². The zero-order valence-electron chi connectivity index (χ0n) is 12.5. The van der Waals surface area contributed by atoms with E-state index in [-0.39, 0.29) is 0 Å². The van der Waals surface area contributed by atoms with Crippen LogP contribution in [-0.2, 0) is 0 Å². The van der Waals surface area contributed by atoms with Crippen molar-refractivity contribution in [3.8, 4) is 0 Å². The first-order valence-electron chi connectivity index (χ1n) is 7.37. The van der Waals surface area contributed by atoms with E-state index in [9.17, 15) is 4.39 Å². The summed E-state index contributed by atoms with van der Waals surface area (Å²) >= 11 is 0. The van der Waals surface area contributed by atoms with Crippen LogP contribution in [0, 0.1) is 5.82 Å². The Hall–Kier alpha value is -2.28. The Bertz CT molecular complexity index is 592. The molecule has 0 aliphatic carbocycles. The molecule has 0 atom stereocenters. The minimum atomic E-state index is -0.459. The minimum Gasteiger partial charge on any atom is -0.370 e. The molecule has 6 nitrogen and oxygen atoms in total. The van der Waals surface area contributed by atoms with Crippen LogP contribution >= 0.6 is 0 Å². The van der Waals surface area contributed by atoms with Gasteiger partial charge in [0.05, 0.1) is 24.3 Å². The number of hydrogen-bond donors (Lipinski definition) is 2. The largest absolute Gasteiger partial charge is 0.370 e. The smallest absolute Gasteiger partial charge is 0.228 e. The van der Waals surface area contributed by atoms with Gasteiger partial charge in [0, 0.05) is 19.1 Å². The molecule has 0 aromatic carbocycles. The molecule has 116 valence electrons. The normalized spacial score (nSPS) is 15.8. The van der Waals surface area contributed by atoms with Crippen molar-refractivity contribution in [1.82, 2.24) is 20.3 Å². The van der Waals surface area contributed by atoms with Crippen LogP contribution < -0.4 is 15.5 Å². The molecule has 1 saturated heterocycles. The van der Waals surface area contributed by atoms with Gasteiger partial charge in [0.2, 0.25) is 5.95 Å². The third kappa shape index (κ3) is 3.48. The van der Waals surface area contributed by atoms with Crippen molar-refractivity contribution >= 4 is 17.5 Å². The molecule has 2 aromatic rings. The Kier molecular flexibility index (Phi) is 4.43. The number of aromatic nitrogens is 3. The number of hydrogen-bond acceptors (Lipinski definition) is 6. The molecule has 0 amide bonds. The van der Waals surface area contributed by atoms with Crippen molar-refractivity contribution in [1.29, 1.82) is 0 Å². The standard InChI is InChI=1S/C15H19FN6/c1-17-12-4-6-22(7-5-12)13-2-3-14(18-10-13)21-15-19-8-11(16)9-20-15/h2-3,8-10,12,17H,4-7H2,1H3,(H,18,19,20,21). The summed E-state index contributed by atoms with van der Waals surface area (Å²) in [7, 11) is 2.01. The van der Waals surface area contributed by atoms with Crippen LogP contribution in [0.2, 0.25) is 0 Å². The number of piperidine rings is 1. The topological polar surface area (TPSA) is 66.0 Å². The Labute approximate surface area is 128 Å². The number of halogens is 1. The second-order valence-corrected chi connectivity index (χ2v) is 5.30. The Morgan fingerprint density at radius 1 is 1.09 bits per heavy atom. The van der Waals surface area contributed by atoms with Gasteiger partial charge < -0.3 is 15.5 Å². The monoisotopic (exact) mass is 302 g/mol. The lowest BCUT2D eigenvalue weighted by molar-refractivity contribution is 0.442. The molecule has 0 radical (unpaired) electrons. The average Bonchev–Trinajstić information content (AvgIpc) is 2.58. The maximum atomic E-state index is 12.8. The van der Waals surface area contributed by atoms with Crippen LogP contribution in [-0.4, -0.2) is 41.1 Å². The lowest BCUT2D eigenvalue weighted by Gasteiger charge is -2.33. The third-order valence-electron chi connectivity index (χ3n) is 3.88. The number of nitrogens with one attached hydrogen (secondary N) is 2. The van der Waals surface area contributed by atoms with Crippen LogP contribution in [0.15, 0.2) is 30.7 Å². The Morgan fingerprint density at radius 2 is 1.82 bits per heavy atom. The van der Waals surface area contributed by atoms with Crippen molar-refractivity contribution in [3.05, 3.63) is 36.5 Å². The van der Waals surface area contributed by atoms with Gasteiger partial charge in [-0.2, -0.15) is 0 Å². The first-order chi connectivity index (χ1) is 10.7. The van der Waals surface area contributed by atoms with E-state index in [1.807, 2.05) is 25.4 Å². The molecular weight excluding hydrogens is 283 g/mol. The molecule has 2 aromatic heterocycles. The molecule has 22 heavy (non-hydrogen) atoms. The summed E-state index contributed by atoms with van der Waals surface area (Å²) < 4.78 is 12.8. The first kappa shape index (κ1) is 14.6. The highest BCUT2D eigenvalue weighted by Crippen LogP contribution is 2.21. The Balaban J connectivity index is 1.62. The van der Waals surface area contributed by atoms with E-state index >= 15 is 0 Å². The predicted octanol–water partition coefficient (Wildman–Crippen LogP) is 1.94. The number of anilines is 3. The van der Waals surface area contributed by atoms with Gasteiger partial charge in [-0.1, -0.05) is 0 Å². The van der Waals surface area contributed by atoms with Crippen molar-refractivity contribution in [3.63, 3.8) is 0 Å². The van der Waals surface area contributed by atoms with E-state index in [4.69, 9.17) is 0 Å². The zero-order chi connectivity index (χ0) is 15.4. The van der Waals surface area contributed by atoms with E-state index in [0.717, 1.165) is 44.0 Å². The highest BCUT2D eigenvalue weighted by atomic mass is 19.1. The molecule has 1 aliphatic rings. The molecule has 7 heteroatoms. The van der Waals surface area contributed by atoms with Crippen molar-refractivity contribution in [2.24, 2.45) is 0 Å². The van der Waals surface area contributed by atoms with Gasteiger partial charge in [0.15, 0.2) is 5.82 Å². The SMILES string of the molecule is CNC1CCN(c2ccc(Nc3ncc(F)cn3)nc2)CC1. The number of rotatable bonds is 4. The van der Waals surface area contributed by atoms with Crippen molar-refractivity contribution in [2.75, 3.05) is 30.4 Å². The lowest BCUT2D eigenvalue weighted by Crippen LogP contribution is -2.41. The molecule has 0 saturated carbocycles. The van der Waals surface area contributed by atoms with Gasteiger partial charge in [-0.25, -0.2) is 19.3 Å². The maximum absolute atomic E-state index is 12.8. The van der Waals surface area contributed by atoms with Gasteiger partial charge in [0.25, 0.3) is 0 Å². The molecular formula is C15H19FN6. The number of pyridine rings is 1. The lowest BCUT2D eigenvalue weighted by atomic mass is 10.1. The quantitative estimate of drug-likeness (QED) is 0.900. The zero-order valence-corrected chi connectivity index (χ0v) is 12.5. The molecule has 1 fully saturated rings. The van der Waals surface area contributed by atoms with E-state index in [2.05, 4.69) is 30.5 Å². The van der Waals surface area contributed by atoms with Crippen molar-refractivity contribution in [2.45, 2.75) is 18.9 Å². The molecule has 2 N–H and O–H groups in total. The maximum Gasteiger partial charge on any atom is 0.228 e. The van der Waals surface area contributed by atoms with Crippen LogP contribution in [0.4, 0.5) is 21.8 Å². The third-order valence-corrected chi connectivity index (χ3v) is 3.88. The highest BCUT2D eigenvalue weighted by molar-refractivity contribution is 5.53. The van der Waals surface area contributed by atoms with Crippen LogP contribution in [0.1, 0.15) is 12.8 Å². The van der Waals surface area contributed by atoms with Gasteiger partial charge in [-0.15, -0.1) is 0 Å². The summed E-state index contributed by atoms with van der Waals surface area (Å²) in [6, 6.07) is 4.52. The first-order valence-corrected chi connectivity index (χ1v) is 7.37. The summed E-state index contributed by atoms with van der Waals surface area (Å²) in [5, 5.41) is 6.27. The molecule has 3 heterocycles. The van der Waals surface area contributed by atoms with Gasteiger partial charge in [-0.3, -0.25) is 0 Å². The van der Waals surface area contributed by atoms with Gasteiger partial charge in [0.1, 0.15) is 5.82 Å². The van der Waals surface area contributed by atoms with E-state index in [1.54, 1.807) is 0 Å². The fourth-order valence-electron chi connectivity index (χ4n) is 2.56. The average molecular weight is 302 g/mol. The second kappa shape index (κ2) is 6.65. The molecule has 3 rings (SSSR count). The highest BCUT2D eigenvalue weighted by Gasteiger charge is 2.18. The number of nitrogens with zero attached hydrogens (tertiary/aromatic N) is 4. The summed E-state index contributed by atoms with van der Waals surface area (Å²) in [5.41, 5.74) is 1.11. The predicted molar refractivity (Wildman–Crippen MR) is 83.8 cm³/mol. The molecule has 0 unspecified atom stereocenters. The van der Waals surface area contributed by atoms with Crippen LogP contribution in [0.25, 0.3) is 0 Å². The van der Waals surface area contributed by atoms with Crippen LogP contribution in [0.5, 0.6) is 0 Å². The molecule has 0 spiro atoms. The summed E-state index contributed by atoms with van der Waals surface area (Å²) in [4.78, 5) is 14.4. The summed E-state index contributed by atoms with van der Waals surface area (Å²) in [6.07, 6.45) is 6.36. The second-order valence-electron chi connectivity index (χ2n) is 5.30. The fourth-order valence-corrected chi connectivity index (χ4v) is 2.56. The summed E-state index contributed by atoms with van der Waals surface area (Å²) in [5.74, 6) is 0.510. The molecule has 1 aliphatic heterocycles. The minimum absolute atomic E-state index is 0.330. The van der Waals surface area contributed by atoms with E-state index in [1.165, 1.54) is 0 Å². The van der Waals surface area contributed by atoms with E-state index < -0.39 is 5.82 Å². The van der Waals surface area contributed by atoms with E-state index in [0.29, 0.717) is 17.8 Å². The Morgan fingerprint density at radius 3 is 2.41 bits per heavy atom. The van der Waals surface area contributed by atoms with Gasteiger partial charge in [-0.05, 0) is 32.0 Å². The molecule has 0 bridgehead atoms. The summed E-state index contributed by atoms with van der Waals surface area (Å²) in [6.45, 7) is 2.06. The van der Waals surface area contributed by atoms with Crippen LogP contribution in [0.3, 0.4) is 0 Å². The fraction of sp³-hybridized carbons (Fsp3) is 0.400. The van der Waals surface area contributed by atoms with Gasteiger partial charge >= 0.3 is 0 Å².